The van der Waals surface area contributed by atoms with Crippen LogP contribution < -0.4 is 4.90 Å². The number of benzene rings is 2. The fourth-order valence-electron chi connectivity index (χ4n) is 2.17. The molecule has 0 unspecified atom stereocenters. The summed E-state index contributed by atoms with van der Waals surface area (Å²) < 4.78 is 5.34. The maximum atomic E-state index is 12.1. The molecule has 2 rings (SSSR count). The van der Waals surface area contributed by atoms with Crippen molar-refractivity contribution in [1.29, 1.82) is 0 Å². The molecular formula is C19H20N2O4. The highest BCUT2D eigenvalue weighted by Gasteiger charge is 2.20. The molecule has 6 nitrogen and oxygen atoms in total. The zero-order chi connectivity index (χ0) is 18.6. The molecule has 0 radical (unpaired) electrons. The maximum Gasteiger partial charge on any atom is 0.414 e. The van der Waals surface area contributed by atoms with Crippen LogP contribution >= 0.6 is 0 Å². The highest BCUT2D eigenvalue weighted by atomic mass is 16.6. The molecule has 0 saturated heterocycles. The first-order chi connectivity index (χ1) is 11.7. The van der Waals surface area contributed by atoms with Crippen molar-refractivity contribution in [2.45, 2.75) is 26.4 Å². The first-order valence-electron chi connectivity index (χ1n) is 7.76. The van der Waals surface area contributed by atoms with Gasteiger partial charge in [0.2, 0.25) is 0 Å². The van der Waals surface area contributed by atoms with Crippen molar-refractivity contribution in [3.05, 3.63) is 59.0 Å². The van der Waals surface area contributed by atoms with Crippen LogP contribution in [-0.4, -0.2) is 24.6 Å². The number of carbonyl (C=O) groups is 2. The molecule has 2 amide bonds. The van der Waals surface area contributed by atoms with Crippen molar-refractivity contribution >= 4 is 17.7 Å². The standard InChI is InChI=1S/C19H20N2O4/c1-19(2,3)25-18(23)21(4)16-11-9-14(10-12-16)13-5-7-15(8-6-13)17(22)20-24/h5-12H,1-4H3. The fraction of sp³-hybridized carbons (Fsp3) is 0.263. The summed E-state index contributed by atoms with van der Waals surface area (Å²) in [7, 11) is 1.65. The summed E-state index contributed by atoms with van der Waals surface area (Å²) in [6.45, 7) is 5.45. The molecule has 2 aromatic carbocycles. The molecule has 0 spiro atoms. The summed E-state index contributed by atoms with van der Waals surface area (Å²) in [6.07, 6.45) is -0.426. The predicted molar refractivity (Wildman–Crippen MR) is 96.6 cm³/mol. The third-order valence-corrected chi connectivity index (χ3v) is 3.47. The van der Waals surface area contributed by atoms with Gasteiger partial charge < -0.3 is 4.74 Å². The maximum absolute atomic E-state index is 12.1. The second kappa shape index (κ2) is 7.25. The second-order valence-electron chi connectivity index (χ2n) is 6.56. The molecular weight excluding hydrogens is 320 g/mol. The van der Waals surface area contributed by atoms with Gasteiger partial charge in [0.15, 0.2) is 0 Å². The van der Waals surface area contributed by atoms with Crippen molar-refractivity contribution in [2.24, 2.45) is 5.18 Å². The molecule has 0 aliphatic heterocycles. The summed E-state index contributed by atoms with van der Waals surface area (Å²) in [5.74, 6) is -0.791. The highest BCUT2D eigenvalue weighted by Crippen LogP contribution is 2.24. The van der Waals surface area contributed by atoms with E-state index in [1.54, 1.807) is 31.3 Å². The molecule has 0 aromatic heterocycles. The van der Waals surface area contributed by atoms with Crippen molar-refractivity contribution in [2.75, 3.05) is 11.9 Å². The molecule has 0 atom stereocenters. The van der Waals surface area contributed by atoms with Gasteiger partial charge in [-0.3, -0.25) is 9.69 Å². The van der Waals surface area contributed by atoms with E-state index in [1.165, 1.54) is 4.90 Å². The second-order valence-corrected chi connectivity index (χ2v) is 6.56. The van der Waals surface area contributed by atoms with Crippen LogP contribution in [0.3, 0.4) is 0 Å². The van der Waals surface area contributed by atoms with E-state index in [0.717, 1.165) is 11.1 Å². The topological polar surface area (TPSA) is 76.0 Å². The summed E-state index contributed by atoms with van der Waals surface area (Å²) in [5, 5.41) is 2.40. The van der Waals surface area contributed by atoms with Crippen LogP contribution in [0.15, 0.2) is 53.7 Å². The average Bonchev–Trinajstić information content (AvgIpc) is 2.59. The van der Waals surface area contributed by atoms with Crippen LogP contribution in [-0.2, 0) is 4.74 Å². The molecule has 0 aliphatic rings. The lowest BCUT2D eigenvalue weighted by Crippen LogP contribution is -2.34. The Morgan fingerprint density at radius 1 is 0.920 bits per heavy atom. The van der Waals surface area contributed by atoms with Crippen LogP contribution in [0, 0.1) is 4.91 Å². The third-order valence-electron chi connectivity index (χ3n) is 3.47. The largest absolute Gasteiger partial charge is 0.443 e. The first-order valence-corrected chi connectivity index (χ1v) is 7.76. The summed E-state index contributed by atoms with van der Waals surface area (Å²) in [4.78, 5) is 35.0. The lowest BCUT2D eigenvalue weighted by molar-refractivity contribution is 0.0589. The Morgan fingerprint density at radius 3 is 1.84 bits per heavy atom. The van der Waals surface area contributed by atoms with Crippen molar-refractivity contribution in [3.8, 4) is 11.1 Å². The Bertz CT molecular complexity index is 775. The van der Waals surface area contributed by atoms with E-state index in [0.29, 0.717) is 5.69 Å². The molecule has 2 aromatic rings. The molecule has 0 fully saturated rings. The van der Waals surface area contributed by atoms with E-state index in [9.17, 15) is 14.5 Å². The number of hydrogen-bond acceptors (Lipinski definition) is 4. The number of amides is 2. The lowest BCUT2D eigenvalue weighted by atomic mass is 10.0. The molecule has 6 heteroatoms. The van der Waals surface area contributed by atoms with Gasteiger partial charge in [-0.2, -0.15) is 0 Å². The molecule has 0 saturated carbocycles. The molecule has 0 aliphatic carbocycles. The zero-order valence-electron chi connectivity index (χ0n) is 14.6. The molecule has 0 N–H and O–H groups in total. The number of rotatable bonds is 3. The lowest BCUT2D eigenvalue weighted by Gasteiger charge is -2.24. The molecule has 0 heterocycles. The zero-order valence-corrected chi connectivity index (χ0v) is 14.6. The minimum absolute atomic E-state index is 0.250. The van der Waals surface area contributed by atoms with Crippen LogP contribution in [0.4, 0.5) is 10.5 Å². The smallest absolute Gasteiger partial charge is 0.414 e. The van der Waals surface area contributed by atoms with Gasteiger partial charge >= 0.3 is 12.0 Å². The SMILES string of the molecule is CN(C(=O)OC(C)(C)C)c1ccc(-c2ccc(C(=O)N=O)cc2)cc1. The highest BCUT2D eigenvalue weighted by molar-refractivity contribution is 5.95. The summed E-state index contributed by atoms with van der Waals surface area (Å²) in [5.41, 5.74) is 2.20. The number of nitroso groups, excluding NO2 is 1. The van der Waals surface area contributed by atoms with E-state index in [1.807, 2.05) is 45.0 Å². The van der Waals surface area contributed by atoms with Gasteiger partial charge in [0, 0.05) is 23.5 Å². The van der Waals surface area contributed by atoms with Crippen molar-refractivity contribution < 1.29 is 14.3 Å². The van der Waals surface area contributed by atoms with Crippen LogP contribution in [0.25, 0.3) is 11.1 Å². The Labute approximate surface area is 146 Å². The number of carbonyl (C=O) groups excluding carboxylic acids is 2. The van der Waals surface area contributed by atoms with Gasteiger partial charge in [-0.1, -0.05) is 24.3 Å². The fourth-order valence-corrected chi connectivity index (χ4v) is 2.17. The van der Waals surface area contributed by atoms with E-state index in [4.69, 9.17) is 4.74 Å². The van der Waals surface area contributed by atoms with Gasteiger partial charge in [0.1, 0.15) is 5.60 Å². The van der Waals surface area contributed by atoms with Gasteiger partial charge in [0.05, 0.1) is 0 Å². The number of anilines is 1. The van der Waals surface area contributed by atoms with E-state index in [-0.39, 0.29) is 5.56 Å². The van der Waals surface area contributed by atoms with E-state index >= 15 is 0 Å². The predicted octanol–water partition coefficient (Wildman–Crippen LogP) is 4.63. The van der Waals surface area contributed by atoms with Crippen LogP contribution in [0.5, 0.6) is 0 Å². The molecule has 0 bridgehead atoms. The quantitative estimate of drug-likeness (QED) is 0.763. The van der Waals surface area contributed by atoms with Gasteiger partial charge in [0.25, 0.3) is 0 Å². The van der Waals surface area contributed by atoms with Crippen molar-refractivity contribution in [1.82, 2.24) is 0 Å². The number of ether oxygens (including phenoxy) is 1. The van der Waals surface area contributed by atoms with E-state index in [2.05, 4.69) is 5.18 Å². The summed E-state index contributed by atoms with van der Waals surface area (Å²) in [6, 6.07) is 13.9. The Morgan fingerprint density at radius 2 is 1.40 bits per heavy atom. The Balaban J connectivity index is 2.15. The minimum Gasteiger partial charge on any atom is -0.443 e. The van der Waals surface area contributed by atoms with Gasteiger partial charge in [-0.15, -0.1) is 4.91 Å². The third kappa shape index (κ3) is 4.73. The Kier molecular flexibility index (Phi) is 5.32. The number of nitrogens with zero attached hydrogens (tertiary/aromatic N) is 2. The normalized spacial score (nSPS) is 10.9. The Hall–Kier alpha value is -3.02. The van der Waals surface area contributed by atoms with Crippen molar-refractivity contribution in [3.63, 3.8) is 0 Å². The first kappa shape index (κ1) is 18.3. The summed E-state index contributed by atoms with van der Waals surface area (Å²) >= 11 is 0. The minimum atomic E-state index is -0.791. The average molecular weight is 340 g/mol. The molecule has 25 heavy (non-hydrogen) atoms. The monoisotopic (exact) mass is 340 g/mol. The van der Waals surface area contributed by atoms with Gasteiger partial charge in [-0.05, 0) is 56.2 Å². The molecule has 130 valence electrons. The van der Waals surface area contributed by atoms with Crippen LogP contribution in [0.1, 0.15) is 31.1 Å². The van der Waals surface area contributed by atoms with Gasteiger partial charge in [-0.25, -0.2) is 4.79 Å². The number of hydrogen-bond donors (Lipinski definition) is 0. The van der Waals surface area contributed by atoms with Crippen LogP contribution in [0.2, 0.25) is 0 Å². The van der Waals surface area contributed by atoms with E-state index < -0.39 is 17.6 Å².